The average molecular weight is 366 g/mol. The predicted molar refractivity (Wildman–Crippen MR) is 86.7 cm³/mol. The molecule has 0 amide bonds. The molecule has 0 fully saturated rings. The van der Waals surface area contributed by atoms with Crippen LogP contribution in [0, 0.1) is 13.8 Å². The minimum Gasteiger partial charge on any atom is -0.0576 e. The molecule has 2 rings (SSSR count). The Balaban J connectivity index is 2.24. The highest BCUT2D eigenvalue weighted by atomic mass is 79.9. The van der Waals surface area contributed by atoms with E-state index in [1.54, 1.807) is 0 Å². The van der Waals surface area contributed by atoms with E-state index in [2.05, 4.69) is 94.3 Å². The van der Waals surface area contributed by atoms with Crippen molar-refractivity contribution in [3.63, 3.8) is 0 Å². The Hall–Kier alpha value is -0.860. The smallest absolute Gasteiger partial charge is 0.0210 e. The number of rotatable bonds is 2. The first-order valence-corrected chi connectivity index (χ1v) is 7.35. The monoisotopic (exact) mass is 364 g/mol. The summed E-state index contributed by atoms with van der Waals surface area (Å²) in [6.45, 7) is 4.18. The van der Waals surface area contributed by atoms with Gasteiger partial charge in [0.25, 0.3) is 0 Å². The van der Waals surface area contributed by atoms with E-state index in [1.807, 2.05) is 0 Å². The van der Waals surface area contributed by atoms with E-state index in [9.17, 15) is 0 Å². The summed E-state index contributed by atoms with van der Waals surface area (Å²) in [5.74, 6) is 0. The Morgan fingerprint density at radius 2 is 1.11 bits per heavy atom. The van der Waals surface area contributed by atoms with Crippen molar-refractivity contribution in [2.45, 2.75) is 13.8 Å². The molecule has 0 bridgehead atoms. The molecule has 0 aliphatic heterocycles. The van der Waals surface area contributed by atoms with Crippen LogP contribution < -0.4 is 0 Å². The molecule has 0 atom stereocenters. The van der Waals surface area contributed by atoms with E-state index in [0.29, 0.717) is 0 Å². The second-order valence-corrected chi connectivity index (χ2v) is 6.06. The van der Waals surface area contributed by atoms with Gasteiger partial charge in [0.05, 0.1) is 0 Å². The van der Waals surface area contributed by atoms with Gasteiger partial charge in [0.15, 0.2) is 0 Å². The van der Waals surface area contributed by atoms with Gasteiger partial charge in [0, 0.05) is 8.95 Å². The van der Waals surface area contributed by atoms with Gasteiger partial charge >= 0.3 is 0 Å². The van der Waals surface area contributed by atoms with Gasteiger partial charge < -0.3 is 0 Å². The molecule has 2 heteroatoms. The minimum atomic E-state index is 1.15. The van der Waals surface area contributed by atoms with Crippen molar-refractivity contribution in [2.24, 2.45) is 0 Å². The van der Waals surface area contributed by atoms with Crippen molar-refractivity contribution < 1.29 is 0 Å². The third-order valence-electron chi connectivity index (χ3n) is 2.86. The maximum absolute atomic E-state index is 3.55. The first kappa shape index (κ1) is 13.6. The quantitative estimate of drug-likeness (QED) is 0.572. The van der Waals surface area contributed by atoms with Gasteiger partial charge in [0.2, 0.25) is 0 Å². The van der Waals surface area contributed by atoms with Gasteiger partial charge in [-0.1, -0.05) is 68.3 Å². The fraction of sp³-hybridized carbons (Fsp3) is 0.125. The van der Waals surface area contributed by atoms with Gasteiger partial charge in [-0.25, -0.2) is 0 Å². The van der Waals surface area contributed by atoms with E-state index in [0.717, 1.165) is 8.95 Å². The molecule has 92 valence electrons. The fourth-order valence-electron chi connectivity index (χ4n) is 1.62. The van der Waals surface area contributed by atoms with Crippen LogP contribution in [-0.4, -0.2) is 0 Å². The van der Waals surface area contributed by atoms with E-state index in [1.165, 1.54) is 22.3 Å². The van der Waals surface area contributed by atoms with Crippen molar-refractivity contribution in [2.75, 3.05) is 0 Å². The van der Waals surface area contributed by atoms with Gasteiger partial charge in [-0.15, -0.1) is 0 Å². The standard InChI is InChI=1S/C16H14Br2/c1-11-3-5-13(9-15(11)17)7-8-14-6-4-12(2)16(18)10-14/h3-10H,1-2H3/b8-7+. The normalized spacial score (nSPS) is 11.1. The van der Waals surface area contributed by atoms with Crippen LogP contribution in [0.25, 0.3) is 12.2 Å². The number of hydrogen-bond donors (Lipinski definition) is 0. The first-order valence-electron chi connectivity index (χ1n) is 5.76. The summed E-state index contributed by atoms with van der Waals surface area (Å²) in [6, 6.07) is 12.8. The third-order valence-corrected chi connectivity index (χ3v) is 4.57. The Labute approximate surface area is 125 Å². The van der Waals surface area contributed by atoms with Crippen LogP contribution in [0.5, 0.6) is 0 Å². The molecule has 2 aromatic carbocycles. The molecular formula is C16H14Br2. The largest absolute Gasteiger partial charge is 0.0576 e. The molecule has 0 heterocycles. The summed E-state index contributed by atoms with van der Waals surface area (Å²) < 4.78 is 2.30. The van der Waals surface area contributed by atoms with E-state index < -0.39 is 0 Å². The highest BCUT2D eigenvalue weighted by molar-refractivity contribution is 9.10. The van der Waals surface area contributed by atoms with Crippen molar-refractivity contribution in [3.05, 3.63) is 67.6 Å². The van der Waals surface area contributed by atoms with Crippen LogP contribution in [0.2, 0.25) is 0 Å². The van der Waals surface area contributed by atoms with Crippen LogP contribution in [-0.2, 0) is 0 Å². The first-order chi connectivity index (χ1) is 8.56. The maximum Gasteiger partial charge on any atom is 0.0210 e. The molecule has 0 aliphatic carbocycles. The molecule has 0 unspecified atom stereocenters. The average Bonchev–Trinajstić information content (AvgIpc) is 2.35. The molecule has 0 N–H and O–H groups in total. The van der Waals surface area contributed by atoms with Gasteiger partial charge in [-0.3, -0.25) is 0 Å². The number of halogens is 2. The summed E-state index contributed by atoms with van der Waals surface area (Å²) in [7, 11) is 0. The van der Waals surface area contributed by atoms with E-state index in [-0.39, 0.29) is 0 Å². The van der Waals surface area contributed by atoms with Gasteiger partial charge in [0.1, 0.15) is 0 Å². The molecule has 0 aliphatic rings. The molecule has 18 heavy (non-hydrogen) atoms. The summed E-state index contributed by atoms with van der Waals surface area (Å²) in [5, 5.41) is 0. The SMILES string of the molecule is Cc1ccc(/C=C/c2ccc(C)c(Br)c2)cc1Br. The lowest BCUT2D eigenvalue weighted by Crippen LogP contribution is -1.79. The zero-order valence-electron chi connectivity index (χ0n) is 10.4. The second-order valence-electron chi connectivity index (χ2n) is 4.35. The number of aryl methyl sites for hydroxylation is 2. The Kier molecular flexibility index (Phi) is 4.41. The van der Waals surface area contributed by atoms with E-state index in [4.69, 9.17) is 0 Å². The van der Waals surface area contributed by atoms with Crippen molar-refractivity contribution >= 4 is 44.0 Å². The fourth-order valence-corrected chi connectivity index (χ4v) is 2.41. The zero-order chi connectivity index (χ0) is 13.1. The molecule has 0 saturated heterocycles. The number of hydrogen-bond acceptors (Lipinski definition) is 0. The van der Waals surface area contributed by atoms with Gasteiger partial charge in [-0.2, -0.15) is 0 Å². The Morgan fingerprint density at radius 1 is 0.722 bits per heavy atom. The molecule has 0 radical (unpaired) electrons. The number of benzene rings is 2. The predicted octanol–water partition coefficient (Wildman–Crippen LogP) is 6.00. The second kappa shape index (κ2) is 5.85. The van der Waals surface area contributed by atoms with Crippen molar-refractivity contribution in [3.8, 4) is 0 Å². The molecule has 2 aromatic rings. The van der Waals surface area contributed by atoms with Crippen LogP contribution in [0.4, 0.5) is 0 Å². The van der Waals surface area contributed by atoms with Gasteiger partial charge in [-0.05, 0) is 48.2 Å². The highest BCUT2D eigenvalue weighted by Gasteiger charge is 1.96. The zero-order valence-corrected chi connectivity index (χ0v) is 13.5. The van der Waals surface area contributed by atoms with Crippen LogP contribution in [0.15, 0.2) is 45.3 Å². The molecule has 0 saturated carbocycles. The van der Waals surface area contributed by atoms with Crippen molar-refractivity contribution in [1.82, 2.24) is 0 Å². The van der Waals surface area contributed by atoms with Crippen LogP contribution in [0.3, 0.4) is 0 Å². The Bertz CT molecular complexity index is 545. The lowest BCUT2D eigenvalue weighted by atomic mass is 10.1. The third kappa shape index (κ3) is 3.33. The molecule has 0 spiro atoms. The maximum atomic E-state index is 3.55. The van der Waals surface area contributed by atoms with Crippen LogP contribution >= 0.6 is 31.9 Å². The highest BCUT2D eigenvalue weighted by Crippen LogP contribution is 2.21. The van der Waals surface area contributed by atoms with E-state index >= 15 is 0 Å². The summed E-state index contributed by atoms with van der Waals surface area (Å²) in [6.07, 6.45) is 4.25. The minimum absolute atomic E-state index is 1.15. The summed E-state index contributed by atoms with van der Waals surface area (Å²) in [4.78, 5) is 0. The summed E-state index contributed by atoms with van der Waals surface area (Å²) >= 11 is 7.10. The van der Waals surface area contributed by atoms with Crippen LogP contribution in [0.1, 0.15) is 22.3 Å². The topological polar surface area (TPSA) is 0 Å². The van der Waals surface area contributed by atoms with Crippen molar-refractivity contribution in [1.29, 1.82) is 0 Å². The molecular weight excluding hydrogens is 352 g/mol. The summed E-state index contributed by atoms with van der Waals surface area (Å²) in [5.41, 5.74) is 4.91. The lowest BCUT2D eigenvalue weighted by molar-refractivity contribution is 1.42. The molecule has 0 aromatic heterocycles. The Morgan fingerprint density at radius 3 is 1.44 bits per heavy atom. The molecule has 0 nitrogen and oxygen atoms in total. The lowest BCUT2D eigenvalue weighted by Gasteiger charge is -2.01.